The predicted octanol–water partition coefficient (Wildman–Crippen LogP) is 1.13. The molecule has 0 saturated heterocycles. The second-order valence-electron chi connectivity index (χ2n) is 3.73. The van der Waals surface area contributed by atoms with Crippen molar-refractivity contribution in [3.63, 3.8) is 0 Å². The molecule has 98 valence electrons. The molecule has 18 heavy (non-hydrogen) atoms. The van der Waals surface area contributed by atoms with Gasteiger partial charge in [-0.2, -0.15) is 0 Å². The number of esters is 1. The maximum absolute atomic E-state index is 11.9. The fourth-order valence-electron chi connectivity index (χ4n) is 1.53. The van der Waals surface area contributed by atoms with Gasteiger partial charge in [0.15, 0.2) is 11.5 Å². The van der Waals surface area contributed by atoms with Crippen molar-refractivity contribution < 1.29 is 23.2 Å². The Labute approximate surface area is 107 Å². The molecule has 6 heteroatoms. The minimum absolute atomic E-state index is 0.157. The quantitative estimate of drug-likeness (QED) is 0.770. The van der Waals surface area contributed by atoms with E-state index in [0.717, 1.165) is 6.42 Å². The van der Waals surface area contributed by atoms with Crippen molar-refractivity contribution in [2.45, 2.75) is 11.3 Å². The van der Waals surface area contributed by atoms with Gasteiger partial charge in [0.25, 0.3) is 0 Å². The number of carbonyl (C=O) groups is 1. The van der Waals surface area contributed by atoms with E-state index in [2.05, 4.69) is 4.74 Å². The first-order chi connectivity index (χ1) is 8.70. The van der Waals surface area contributed by atoms with Crippen LogP contribution in [0.2, 0.25) is 0 Å². The lowest BCUT2D eigenvalue weighted by Gasteiger charge is -2.08. The van der Waals surface area contributed by atoms with Gasteiger partial charge in [0.1, 0.15) is 5.75 Å². The second kappa shape index (κ2) is 5.86. The third-order valence-corrected chi connectivity index (χ3v) is 3.74. The Morgan fingerprint density at radius 3 is 2.78 bits per heavy atom. The van der Waals surface area contributed by atoms with Gasteiger partial charge in [0.05, 0.1) is 31.1 Å². The van der Waals surface area contributed by atoms with E-state index in [0.29, 0.717) is 29.6 Å². The van der Waals surface area contributed by atoms with Gasteiger partial charge in [-0.1, -0.05) is 0 Å². The van der Waals surface area contributed by atoms with Crippen LogP contribution >= 0.6 is 0 Å². The molecule has 0 radical (unpaired) electrons. The number of benzene rings is 1. The molecule has 2 rings (SSSR count). The van der Waals surface area contributed by atoms with Gasteiger partial charge in [0, 0.05) is 17.4 Å². The van der Waals surface area contributed by atoms with Gasteiger partial charge < -0.3 is 14.2 Å². The van der Waals surface area contributed by atoms with E-state index in [1.54, 1.807) is 18.2 Å². The number of carbonyl (C=O) groups excluding carboxylic acids is 1. The van der Waals surface area contributed by atoms with E-state index >= 15 is 0 Å². The van der Waals surface area contributed by atoms with Crippen molar-refractivity contribution in [2.24, 2.45) is 0 Å². The SMILES string of the molecule is COC(=O)CS(=O)c1ccc2c(c1)OCCCO2. The Kier molecular flexibility index (Phi) is 4.19. The lowest BCUT2D eigenvalue weighted by atomic mass is 10.3. The summed E-state index contributed by atoms with van der Waals surface area (Å²) in [4.78, 5) is 11.6. The van der Waals surface area contributed by atoms with Crippen molar-refractivity contribution in [1.82, 2.24) is 0 Å². The van der Waals surface area contributed by atoms with Gasteiger partial charge in [-0.15, -0.1) is 0 Å². The molecule has 0 N–H and O–H groups in total. The molecule has 0 bridgehead atoms. The normalized spacial score (nSPS) is 15.6. The fourth-order valence-corrected chi connectivity index (χ4v) is 2.49. The molecule has 0 amide bonds. The zero-order valence-electron chi connectivity index (χ0n) is 10.0. The first-order valence-electron chi connectivity index (χ1n) is 5.55. The zero-order valence-corrected chi connectivity index (χ0v) is 10.8. The summed E-state index contributed by atoms with van der Waals surface area (Å²) in [6, 6.07) is 5.04. The maximum Gasteiger partial charge on any atom is 0.318 e. The van der Waals surface area contributed by atoms with Gasteiger partial charge in [-0.05, 0) is 12.1 Å². The van der Waals surface area contributed by atoms with Gasteiger partial charge in [-0.25, -0.2) is 0 Å². The number of fused-ring (bicyclic) bond motifs is 1. The van der Waals surface area contributed by atoms with Gasteiger partial charge in [-0.3, -0.25) is 9.00 Å². The summed E-state index contributed by atoms with van der Waals surface area (Å²) in [6.45, 7) is 1.18. The number of methoxy groups -OCH3 is 1. The molecule has 1 unspecified atom stereocenters. The maximum atomic E-state index is 11.9. The average molecular weight is 270 g/mol. The Hall–Kier alpha value is -1.56. The molecular formula is C12H14O5S. The highest BCUT2D eigenvalue weighted by Crippen LogP contribution is 2.31. The summed E-state index contributed by atoms with van der Waals surface area (Å²) in [5.74, 6) is 0.561. The second-order valence-corrected chi connectivity index (χ2v) is 5.18. The fraction of sp³-hybridized carbons (Fsp3) is 0.417. The van der Waals surface area contributed by atoms with Crippen molar-refractivity contribution >= 4 is 16.8 Å². The molecule has 1 atom stereocenters. The Balaban J connectivity index is 2.17. The van der Waals surface area contributed by atoms with E-state index < -0.39 is 16.8 Å². The number of ether oxygens (including phenoxy) is 3. The number of hydrogen-bond donors (Lipinski definition) is 0. The van der Waals surface area contributed by atoms with E-state index in [1.165, 1.54) is 7.11 Å². The van der Waals surface area contributed by atoms with Crippen LogP contribution in [0.5, 0.6) is 11.5 Å². The van der Waals surface area contributed by atoms with Gasteiger partial charge >= 0.3 is 5.97 Å². The van der Waals surface area contributed by atoms with Crippen LogP contribution in [-0.2, 0) is 20.3 Å². The zero-order chi connectivity index (χ0) is 13.0. The van der Waals surface area contributed by atoms with Crippen LogP contribution in [0.1, 0.15) is 6.42 Å². The third kappa shape index (κ3) is 3.01. The minimum atomic E-state index is -1.43. The summed E-state index contributed by atoms with van der Waals surface area (Å²) >= 11 is 0. The summed E-state index contributed by atoms with van der Waals surface area (Å²) in [7, 11) is -0.156. The van der Waals surface area contributed by atoms with Crippen LogP contribution in [-0.4, -0.2) is 36.3 Å². The summed E-state index contributed by atoms with van der Waals surface area (Å²) in [5, 5.41) is 0. The Bertz CT molecular complexity index is 472. The Morgan fingerprint density at radius 2 is 2.06 bits per heavy atom. The lowest BCUT2D eigenvalue weighted by Crippen LogP contribution is -2.12. The summed E-state index contributed by atoms with van der Waals surface area (Å²) in [6.07, 6.45) is 0.815. The minimum Gasteiger partial charge on any atom is -0.490 e. The van der Waals surface area contributed by atoms with E-state index in [1.807, 2.05) is 0 Å². The predicted molar refractivity (Wildman–Crippen MR) is 65.3 cm³/mol. The van der Waals surface area contributed by atoms with Crippen LogP contribution in [0.3, 0.4) is 0 Å². The highest BCUT2D eigenvalue weighted by molar-refractivity contribution is 7.85. The van der Waals surface area contributed by atoms with Crippen LogP contribution in [0, 0.1) is 0 Å². The molecule has 0 aliphatic carbocycles. The molecule has 1 heterocycles. The molecule has 0 spiro atoms. The lowest BCUT2D eigenvalue weighted by molar-refractivity contribution is -0.137. The molecule has 5 nitrogen and oxygen atoms in total. The third-order valence-electron chi connectivity index (χ3n) is 2.46. The molecule has 1 aromatic rings. The van der Waals surface area contributed by atoms with Crippen molar-refractivity contribution in [2.75, 3.05) is 26.1 Å². The molecule has 1 aliphatic rings. The van der Waals surface area contributed by atoms with Crippen LogP contribution in [0.4, 0.5) is 0 Å². The van der Waals surface area contributed by atoms with Gasteiger partial charge in [0.2, 0.25) is 0 Å². The summed E-state index contributed by atoms with van der Waals surface area (Å²) < 4.78 is 27.4. The van der Waals surface area contributed by atoms with E-state index in [9.17, 15) is 9.00 Å². The topological polar surface area (TPSA) is 61.8 Å². The summed E-state index contributed by atoms with van der Waals surface area (Å²) in [5.41, 5.74) is 0. The number of hydrogen-bond acceptors (Lipinski definition) is 5. The standard InChI is InChI=1S/C12H14O5S/c1-15-12(13)8-18(14)9-3-4-10-11(7-9)17-6-2-5-16-10/h3-4,7H,2,5-6,8H2,1H3. The van der Waals surface area contributed by atoms with Crippen molar-refractivity contribution in [3.05, 3.63) is 18.2 Å². The Morgan fingerprint density at radius 1 is 1.33 bits per heavy atom. The first kappa shape index (κ1) is 12.9. The van der Waals surface area contributed by atoms with E-state index in [-0.39, 0.29) is 5.75 Å². The average Bonchev–Trinajstić information content (AvgIpc) is 2.62. The molecule has 0 fully saturated rings. The largest absolute Gasteiger partial charge is 0.490 e. The molecule has 0 aromatic heterocycles. The van der Waals surface area contributed by atoms with Crippen LogP contribution in [0.25, 0.3) is 0 Å². The van der Waals surface area contributed by atoms with Crippen molar-refractivity contribution in [3.8, 4) is 11.5 Å². The molecule has 1 aromatic carbocycles. The first-order valence-corrected chi connectivity index (χ1v) is 6.87. The molecular weight excluding hydrogens is 256 g/mol. The molecule has 1 aliphatic heterocycles. The highest BCUT2D eigenvalue weighted by atomic mass is 32.2. The van der Waals surface area contributed by atoms with E-state index in [4.69, 9.17) is 9.47 Å². The monoisotopic (exact) mass is 270 g/mol. The highest BCUT2D eigenvalue weighted by Gasteiger charge is 2.15. The van der Waals surface area contributed by atoms with Crippen molar-refractivity contribution in [1.29, 1.82) is 0 Å². The van der Waals surface area contributed by atoms with Crippen LogP contribution in [0.15, 0.2) is 23.1 Å². The molecule has 0 saturated carbocycles. The number of rotatable bonds is 3. The smallest absolute Gasteiger partial charge is 0.318 e. The van der Waals surface area contributed by atoms with Crippen LogP contribution < -0.4 is 9.47 Å².